The van der Waals surface area contributed by atoms with E-state index in [1.807, 2.05) is 0 Å². The van der Waals surface area contributed by atoms with Crippen LogP contribution in [0.15, 0.2) is 17.7 Å². The molecule has 19 heavy (non-hydrogen) atoms. The number of nitrogens with one attached hydrogen (secondary N) is 1. The summed E-state index contributed by atoms with van der Waals surface area (Å²) in [5.74, 6) is 0. The third kappa shape index (κ3) is 2.98. The molecule has 0 aliphatic heterocycles. The van der Waals surface area contributed by atoms with Crippen molar-refractivity contribution in [3.8, 4) is 0 Å². The fourth-order valence-corrected chi connectivity index (χ4v) is 2.68. The van der Waals surface area contributed by atoms with E-state index in [-0.39, 0.29) is 11.4 Å². The maximum atomic E-state index is 13.0. The molecular weight excluding hydrogens is 279 g/mol. The molecule has 104 valence electrons. The molecule has 0 saturated heterocycles. The lowest BCUT2D eigenvalue weighted by atomic mass is 10.1. The number of nitrogens with two attached hydrogens (primary N) is 1. The van der Waals surface area contributed by atoms with E-state index >= 15 is 0 Å². The average Bonchev–Trinajstić information content (AvgIpc) is 2.82. The summed E-state index contributed by atoms with van der Waals surface area (Å²) in [6.07, 6.45) is -1.60. The lowest BCUT2D eigenvalue weighted by Gasteiger charge is -2.24. The van der Waals surface area contributed by atoms with Crippen LogP contribution in [-0.4, -0.2) is 37.4 Å². The maximum absolute atomic E-state index is 13.0. The molecule has 2 aromatic rings. The number of hydrogen-bond donors (Lipinski definition) is 2. The van der Waals surface area contributed by atoms with Crippen molar-refractivity contribution in [1.82, 2.24) is 19.9 Å². The van der Waals surface area contributed by atoms with Gasteiger partial charge in [-0.3, -0.25) is 0 Å². The number of halogens is 3. The highest BCUT2D eigenvalue weighted by Gasteiger charge is 2.44. The van der Waals surface area contributed by atoms with Gasteiger partial charge in [-0.25, -0.2) is 15.0 Å². The van der Waals surface area contributed by atoms with Crippen molar-refractivity contribution in [1.29, 1.82) is 0 Å². The van der Waals surface area contributed by atoms with Crippen molar-refractivity contribution in [2.24, 2.45) is 5.73 Å². The molecule has 0 fully saturated rings. The van der Waals surface area contributed by atoms with E-state index in [1.165, 1.54) is 12.7 Å². The van der Waals surface area contributed by atoms with Gasteiger partial charge >= 0.3 is 6.18 Å². The fourth-order valence-electron chi connectivity index (χ4n) is 1.56. The molecule has 2 rings (SSSR count). The molecule has 0 bridgehead atoms. The summed E-state index contributed by atoms with van der Waals surface area (Å²) in [6.45, 7) is 1.62. The first-order valence-corrected chi connectivity index (χ1v) is 6.44. The first-order chi connectivity index (χ1) is 8.93. The molecule has 0 radical (unpaired) electrons. The Morgan fingerprint density at radius 2 is 2.11 bits per heavy atom. The summed E-state index contributed by atoms with van der Waals surface area (Å²) in [5.41, 5.74) is 6.29. The average molecular weight is 291 g/mol. The molecule has 0 aliphatic carbocycles. The smallest absolute Gasteiger partial charge is 0.341 e. The van der Waals surface area contributed by atoms with Crippen LogP contribution in [0.4, 0.5) is 13.2 Å². The highest BCUT2D eigenvalue weighted by atomic mass is 32.2. The number of H-pyrrole nitrogens is 1. The molecule has 9 heteroatoms. The lowest BCUT2D eigenvalue weighted by molar-refractivity contribution is -0.132. The minimum Gasteiger partial charge on any atom is -0.341 e. The second-order valence-corrected chi connectivity index (χ2v) is 5.06. The van der Waals surface area contributed by atoms with Crippen LogP contribution in [0.25, 0.3) is 11.2 Å². The monoisotopic (exact) mass is 291 g/mol. The predicted octanol–water partition coefficient (Wildman–Crippen LogP) is 2.11. The fraction of sp³-hybridized carbons (Fsp3) is 0.500. The van der Waals surface area contributed by atoms with Crippen LogP contribution in [0.1, 0.15) is 13.3 Å². The van der Waals surface area contributed by atoms with Gasteiger partial charge in [-0.15, -0.1) is 0 Å². The first kappa shape index (κ1) is 14.1. The zero-order valence-electron chi connectivity index (χ0n) is 9.98. The van der Waals surface area contributed by atoms with Crippen molar-refractivity contribution in [2.75, 3.05) is 0 Å². The summed E-state index contributed by atoms with van der Waals surface area (Å²) in [6, 6.07) is -0.988. The molecule has 2 unspecified atom stereocenters. The molecule has 0 amide bonds. The van der Waals surface area contributed by atoms with Crippen molar-refractivity contribution in [3.05, 3.63) is 12.7 Å². The summed E-state index contributed by atoms with van der Waals surface area (Å²) < 4.78 is 39.0. The van der Waals surface area contributed by atoms with Crippen molar-refractivity contribution >= 4 is 22.9 Å². The molecule has 2 heterocycles. The number of rotatable bonds is 4. The third-order valence-corrected chi connectivity index (χ3v) is 4.01. The van der Waals surface area contributed by atoms with E-state index in [2.05, 4.69) is 19.9 Å². The van der Waals surface area contributed by atoms with E-state index in [4.69, 9.17) is 5.73 Å². The molecule has 0 aromatic carbocycles. The van der Waals surface area contributed by atoms with Gasteiger partial charge in [0.2, 0.25) is 0 Å². The van der Waals surface area contributed by atoms with E-state index in [1.54, 1.807) is 6.92 Å². The minimum atomic E-state index is -4.39. The zero-order chi connectivity index (χ0) is 14.0. The van der Waals surface area contributed by atoms with E-state index in [0.29, 0.717) is 22.9 Å². The van der Waals surface area contributed by atoms with Crippen LogP contribution in [-0.2, 0) is 0 Å². The van der Waals surface area contributed by atoms with Gasteiger partial charge < -0.3 is 10.7 Å². The van der Waals surface area contributed by atoms with Crippen molar-refractivity contribution in [3.63, 3.8) is 0 Å². The Labute approximate surface area is 111 Å². The van der Waals surface area contributed by atoms with E-state index in [9.17, 15) is 13.2 Å². The number of aromatic amines is 1. The number of nitrogens with zero attached hydrogens (tertiary/aromatic N) is 3. The number of hydrogen-bond acceptors (Lipinski definition) is 5. The molecule has 3 N–H and O–H groups in total. The van der Waals surface area contributed by atoms with Crippen LogP contribution >= 0.6 is 11.8 Å². The number of thioether (sulfide) groups is 1. The van der Waals surface area contributed by atoms with Gasteiger partial charge in [-0.1, -0.05) is 18.7 Å². The summed E-state index contributed by atoms with van der Waals surface area (Å²) in [7, 11) is 0. The quantitative estimate of drug-likeness (QED) is 0.666. The Morgan fingerprint density at radius 1 is 1.37 bits per heavy atom. The summed E-state index contributed by atoms with van der Waals surface area (Å²) in [5, 5.41) is -1.51. The number of fused-ring (bicyclic) bond motifs is 1. The molecule has 2 aromatic heterocycles. The van der Waals surface area contributed by atoms with Crippen molar-refractivity contribution in [2.45, 2.75) is 35.8 Å². The highest BCUT2D eigenvalue weighted by Crippen LogP contribution is 2.38. The molecule has 0 saturated carbocycles. The number of aromatic nitrogens is 4. The second-order valence-electron chi connectivity index (χ2n) is 3.93. The Morgan fingerprint density at radius 3 is 2.74 bits per heavy atom. The van der Waals surface area contributed by atoms with Crippen LogP contribution < -0.4 is 5.73 Å². The van der Waals surface area contributed by atoms with Gasteiger partial charge in [0.15, 0.2) is 5.65 Å². The Kier molecular flexibility index (Phi) is 3.95. The Balaban J connectivity index is 2.33. The number of imidazole rings is 1. The molecule has 5 nitrogen and oxygen atoms in total. The van der Waals surface area contributed by atoms with Gasteiger partial charge in [-0.05, 0) is 6.42 Å². The molecule has 0 spiro atoms. The van der Waals surface area contributed by atoms with Crippen molar-refractivity contribution < 1.29 is 13.2 Å². The van der Waals surface area contributed by atoms with Crippen LogP contribution in [0.3, 0.4) is 0 Å². The molecule has 0 aliphatic rings. The zero-order valence-corrected chi connectivity index (χ0v) is 10.8. The summed E-state index contributed by atoms with van der Waals surface area (Å²) >= 11 is 0.590. The van der Waals surface area contributed by atoms with Gasteiger partial charge in [0.25, 0.3) is 0 Å². The SMILES string of the molecule is CCC(N)C(Sc1ncnc2nc[nH]c12)C(F)(F)F. The minimum absolute atomic E-state index is 0.203. The van der Waals surface area contributed by atoms with Gasteiger partial charge in [0.05, 0.1) is 6.33 Å². The Bertz CT molecular complexity index is 555. The first-order valence-electron chi connectivity index (χ1n) is 5.56. The molecule has 2 atom stereocenters. The van der Waals surface area contributed by atoms with Gasteiger partial charge in [0, 0.05) is 6.04 Å². The van der Waals surface area contributed by atoms with Gasteiger partial charge in [0.1, 0.15) is 22.1 Å². The maximum Gasteiger partial charge on any atom is 0.402 e. The third-order valence-electron chi connectivity index (χ3n) is 2.61. The predicted molar refractivity (Wildman–Crippen MR) is 65.7 cm³/mol. The topological polar surface area (TPSA) is 80.5 Å². The summed E-state index contributed by atoms with van der Waals surface area (Å²) in [4.78, 5) is 14.3. The van der Waals surface area contributed by atoms with E-state index < -0.39 is 17.5 Å². The second kappa shape index (κ2) is 5.33. The van der Waals surface area contributed by atoms with E-state index in [0.717, 1.165) is 0 Å². The molecular formula is C10H12F3N5S. The highest BCUT2D eigenvalue weighted by molar-refractivity contribution is 8.00. The van der Waals surface area contributed by atoms with Gasteiger partial charge in [-0.2, -0.15) is 13.2 Å². The largest absolute Gasteiger partial charge is 0.402 e. The van der Waals surface area contributed by atoms with Crippen LogP contribution in [0, 0.1) is 0 Å². The van der Waals surface area contributed by atoms with Crippen LogP contribution in [0.2, 0.25) is 0 Å². The van der Waals surface area contributed by atoms with Crippen LogP contribution in [0.5, 0.6) is 0 Å². The standard InChI is InChI=1S/C10H12F3N5S/c1-2-5(14)7(10(11,12)13)19-9-6-8(16-3-15-6)17-4-18-9/h3-5,7H,2,14H2,1H3,(H,15,16,17,18). The normalized spacial score (nSPS) is 15.6. The number of alkyl halides is 3. The Hall–Kier alpha value is -1.35. The lowest BCUT2D eigenvalue weighted by Crippen LogP contribution is -2.42.